The first-order valence-corrected chi connectivity index (χ1v) is 4.00. The quantitative estimate of drug-likeness (QED) is 0.743. The third-order valence-corrected chi connectivity index (χ3v) is 1.67. The van der Waals surface area contributed by atoms with Crippen LogP contribution in [0.2, 0.25) is 0 Å². The lowest BCUT2D eigenvalue weighted by Crippen LogP contribution is -2.09. The fraction of sp³-hybridized carbons (Fsp3) is 0.200. The van der Waals surface area contributed by atoms with Crippen molar-refractivity contribution in [2.75, 3.05) is 24.3 Å². The highest BCUT2D eigenvalue weighted by molar-refractivity contribution is 5.93. The predicted molar refractivity (Wildman–Crippen MR) is 54.8 cm³/mol. The second-order valence-corrected chi connectivity index (χ2v) is 2.99. The van der Waals surface area contributed by atoms with Gasteiger partial charge in [-0.2, -0.15) is 0 Å². The molecule has 1 rings (SSSR count). The van der Waals surface area contributed by atoms with Crippen LogP contribution in [0.4, 0.5) is 11.4 Å². The molecule has 0 spiro atoms. The van der Waals surface area contributed by atoms with Gasteiger partial charge in [0.1, 0.15) is 0 Å². The molecule has 0 unspecified atom stereocenters. The number of anilines is 2. The molecule has 1 amide bonds. The third-order valence-electron chi connectivity index (χ3n) is 1.67. The van der Waals surface area contributed by atoms with Gasteiger partial charge in [-0.1, -0.05) is 0 Å². The Morgan fingerprint density at radius 1 is 1.31 bits per heavy atom. The van der Waals surface area contributed by atoms with Crippen LogP contribution in [0.5, 0.6) is 0 Å². The van der Waals surface area contributed by atoms with E-state index in [-0.39, 0.29) is 5.91 Å². The highest BCUT2D eigenvalue weighted by Crippen LogP contribution is 2.15. The highest BCUT2D eigenvalue weighted by atomic mass is 16.1. The average molecular weight is 177 g/mol. The van der Waals surface area contributed by atoms with E-state index in [4.69, 9.17) is 0 Å². The fourth-order valence-electron chi connectivity index (χ4n) is 1.00. The molecule has 0 bridgehead atoms. The van der Waals surface area contributed by atoms with Crippen LogP contribution >= 0.6 is 0 Å². The van der Waals surface area contributed by atoms with E-state index in [1.807, 2.05) is 43.3 Å². The molecule has 13 heavy (non-hydrogen) atoms. The smallest absolute Gasteiger partial charge is 0.224 e. The Bertz CT molecular complexity index is 290. The van der Waals surface area contributed by atoms with Crippen molar-refractivity contribution >= 4 is 17.3 Å². The zero-order chi connectivity index (χ0) is 9.84. The van der Waals surface area contributed by atoms with Gasteiger partial charge in [-0.3, -0.25) is 4.79 Å². The second-order valence-electron chi connectivity index (χ2n) is 2.99. The lowest BCUT2D eigenvalue weighted by molar-refractivity contribution is -0.112. The van der Waals surface area contributed by atoms with Crippen LogP contribution in [0.1, 0.15) is 0 Å². The SMILES string of the molecule is [CH2]C(=O)Nc1ccc(N(C)C)cc1. The van der Waals surface area contributed by atoms with Crippen LogP contribution < -0.4 is 10.2 Å². The first kappa shape index (κ1) is 9.58. The molecule has 0 aromatic heterocycles. The molecule has 1 aromatic rings. The molecule has 69 valence electrons. The summed E-state index contributed by atoms with van der Waals surface area (Å²) in [5.41, 5.74) is 1.87. The van der Waals surface area contributed by atoms with E-state index < -0.39 is 0 Å². The minimum atomic E-state index is -0.294. The van der Waals surface area contributed by atoms with Gasteiger partial charge in [-0.15, -0.1) is 0 Å². The topological polar surface area (TPSA) is 32.3 Å². The molecule has 0 aliphatic rings. The largest absolute Gasteiger partial charge is 0.378 e. The maximum Gasteiger partial charge on any atom is 0.224 e. The molecule has 0 aliphatic heterocycles. The van der Waals surface area contributed by atoms with Crippen LogP contribution in [0.15, 0.2) is 24.3 Å². The number of rotatable bonds is 2. The number of carbonyl (C=O) groups is 1. The van der Waals surface area contributed by atoms with Gasteiger partial charge in [0.05, 0.1) is 0 Å². The van der Waals surface area contributed by atoms with E-state index in [0.29, 0.717) is 0 Å². The number of nitrogens with zero attached hydrogens (tertiary/aromatic N) is 1. The summed E-state index contributed by atoms with van der Waals surface area (Å²) in [6, 6.07) is 7.56. The van der Waals surface area contributed by atoms with Gasteiger partial charge in [0.15, 0.2) is 0 Å². The molecule has 0 saturated heterocycles. The van der Waals surface area contributed by atoms with Crippen LogP contribution in [0, 0.1) is 6.92 Å². The van der Waals surface area contributed by atoms with Gasteiger partial charge < -0.3 is 10.2 Å². The van der Waals surface area contributed by atoms with Gasteiger partial charge >= 0.3 is 0 Å². The van der Waals surface area contributed by atoms with Gasteiger partial charge in [0.25, 0.3) is 0 Å². The first-order valence-electron chi connectivity index (χ1n) is 4.00. The Labute approximate surface area is 78.4 Å². The monoisotopic (exact) mass is 177 g/mol. The standard InChI is InChI=1S/C10H13N2O/c1-8(13)11-9-4-6-10(7-5-9)12(2)3/h4-7H,1H2,2-3H3,(H,11,13). The number of amides is 1. The number of nitrogens with one attached hydrogen (secondary N) is 1. The van der Waals surface area contributed by atoms with Crippen molar-refractivity contribution in [1.29, 1.82) is 0 Å². The molecule has 0 heterocycles. The second kappa shape index (κ2) is 3.94. The van der Waals surface area contributed by atoms with Crippen molar-refractivity contribution in [3.8, 4) is 0 Å². The maximum atomic E-state index is 10.6. The molecule has 0 fully saturated rings. The van der Waals surface area contributed by atoms with Crippen molar-refractivity contribution < 1.29 is 4.79 Å². The van der Waals surface area contributed by atoms with Gasteiger partial charge in [0.2, 0.25) is 5.91 Å². The summed E-state index contributed by atoms with van der Waals surface area (Å²) >= 11 is 0. The maximum absolute atomic E-state index is 10.6. The summed E-state index contributed by atoms with van der Waals surface area (Å²) < 4.78 is 0. The first-order chi connectivity index (χ1) is 6.09. The molecular weight excluding hydrogens is 164 g/mol. The lowest BCUT2D eigenvalue weighted by atomic mass is 10.2. The van der Waals surface area contributed by atoms with Gasteiger partial charge in [0, 0.05) is 32.4 Å². The van der Waals surface area contributed by atoms with Crippen LogP contribution in [0.25, 0.3) is 0 Å². The van der Waals surface area contributed by atoms with Crippen LogP contribution in [0.3, 0.4) is 0 Å². The molecule has 1 aromatic carbocycles. The molecule has 1 radical (unpaired) electrons. The lowest BCUT2D eigenvalue weighted by Gasteiger charge is -2.12. The third kappa shape index (κ3) is 2.78. The van der Waals surface area contributed by atoms with E-state index in [1.165, 1.54) is 0 Å². The van der Waals surface area contributed by atoms with Gasteiger partial charge in [-0.25, -0.2) is 0 Å². The predicted octanol–water partition coefficient (Wildman–Crippen LogP) is 1.53. The van der Waals surface area contributed by atoms with E-state index in [1.54, 1.807) is 0 Å². The minimum absolute atomic E-state index is 0.294. The van der Waals surface area contributed by atoms with Crippen molar-refractivity contribution in [3.63, 3.8) is 0 Å². The van der Waals surface area contributed by atoms with E-state index in [2.05, 4.69) is 12.2 Å². The normalized spacial score (nSPS) is 9.46. The summed E-state index contributed by atoms with van der Waals surface area (Å²) in [5.74, 6) is -0.294. The Hall–Kier alpha value is -1.51. The zero-order valence-electron chi connectivity index (χ0n) is 7.87. The Morgan fingerprint density at radius 3 is 2.23 bits per heavy atom. The van der Waals surface area contributed by atoms with Gasteiger partial charge in [-0.05, 0) is 24.3 Å². The van der Waals surface area contributed by atoms with E-state index in [0.717, 1.165) is 11.4 Å². The number of carbonyl (C=O) groups excluding carboxylic acids is 1. The number of hydrogen-bond acceptors (Lipinski definition) is 2. The Morgan fingerprint density at radius 2 is 1.85 bits per heavy atom. The number of benzene rings is 1. The van der Waals surface area contributed by atoms with E-state index in [9.17, 15) is 4.79 Å². The Balaban J connectivity index is 2.75. The summed E-state index contributed by atoms with van der Waals surface area (Å²) in [4.78, 5) is 12.6. The molecule has 0 saturated carbocycles. The van der Waals surface area contributed by atoms with Crippen molar-refractivity contribution in [2.45, 2.75) is 0 Å². The summed E-state index contributed by atoms with van der Waals surface area (Å²) in [7, 11) is 3.93. The van der Waals surface area contributed by atoms with Crippen LogP contribution in [-0.4, -0.2) is 20.0 Å². The summed E-state index contributed by atoms with van der Waals surface area (Å²) in [6.07, 6.45) is 0. The van der Waals surface area contributed by atoms with Crippen LogP contribution in [-0.2, 0) is 4.79 Å². The molecule has 1 N–H and O–H groups in total. The molecule has 3 heteroatoms. The van der Waals surface area contributed by atoms with Crippen molar-refractivity contribution in [2.24, 2.45) is 0 Å². The average Bonchev–Trinajstić information content (AvgIpc) is 2.04. The molecule has 0 atom stereocenters. The Kier molecular flexibility index (Phi) is 2.90. The van der Waals surface area contributed by atoms with E-state index >= 15 is 0 Å². The van der Waals surface area contributed by atoms with Crippen molar-refractivity contribution in [3.05, 3.63) is 31.2 Å². The minimum Gasteiger partial charge on any atom is -0.378 e. The fourth-order valence-corrected chi connectivity index (χ4v) is 1.00. The van der Waals surface area contributed by atoms with Crippen molar-refractivity contribution in [1.82, 2.24) is 0 Å². The molecular formula is C10H13N2O. The zero-order valence-corrected chi connectivity index (χ0v) is 7.87. The summed E-state index contributed by atoms with van der Waals surface area (Å²) in [5, 5.41) is 2.60. The highest BCUT2D eigenvalue weighted by Gasteiger charge is 1.96. The number of hydrogen-bond donors (Lipinski definition) is 1. The molecule has 0 aliphatic carbocycles. The molecule has 3 nitrogen and oxygen atoms in total. The summed E-state index contributed by atoms with van der Waals surface area (Å²) in [6.45, 7) is 3.23.